The molecular formula is C10H17ClO4. The van der Waals surface area contributed by atoms with Crippen molar-refractivity contribution in [2.24, 2.45) is 0 Å². The summed E-state index contributed by atoms with van der Waals surface area (Å²) in [6, 6.07) is 0. The van der Waals surface area contributed by atoms with Crippen LogP contribution in [0.3, 0.4) is 0 Å². The lowest BCUT2D eigenvalue weighted by atomic mass is 10.1. The first-order chi connectivity index (χ1) is 6.95. The van der Waals surface area contributed by atoms with Gasteiger partial charge in [-0.3, -0.25) is 9.59 Å². The SMILES string of the molecule is CC(=O)O[C@H](CCl)CC[C@@H](C)OC(C)=O. The fraction of sp³-hybridized carbons (Fsp3) is 0.800. The van der Waals surface area contributed by atoms with Crippen LogP contribution < -0.4 is 0 Å². The van der Waals surface area contributed by atoms with Gasteiger partial charge in [-0.2, -0.15) is 0 Å². The molecule has 0 spiro atoms. The molecule has 0 N–H and O–H groups in total. The number of carbonyl (C=O) groups excluding carboxylic acids is 2. The fourth-order valence-electron chi connectivity index (χ4n) is 1.17. The minimum absolute atomic E-state index is 0.177. The Kier molecular flexibility index (Phi) is 7.13. The van der Waals surface area contributed by atoms with Crippen LogP contribution >= 0.6 is 11.6 Å². The zero-order valence-corrected chi connectivity index (χ0v) is 10.0. The average molecular weight is 237 g/mol. The second-order valence-corrected chi connectivity index (χ2v) is 3.69. The second-order valence-electron chi connectivity index (χ2n) is 3.38. The molecule has 0 aliphatic carbocycles. The van der Waals surface area contributed by atoms with E-state index in [1.54, 1.807) is 6.92 Å². The van der Waals surface area contributed by atoms with E-state index in [0.717, 1.165) is 0 Å². The van der Waals surface area contributed by atoms with Crippen LogP contribution in [0.4, 0.5) is 0 Å². The molecular weight excluding hydrogens is 220 g/mol. The quantitative estimate of drug-likeness (QED) is 0.522. The van der Waals surface area contributed by atoms with Crippen LogP contribution in [-0.4, -0.2) is 30.0 Å². The summed E-state index contributed by atoms with van der Waals surface area (Å²) in [4.78, 5) is 21.3. The van der Waals surface area contributed by atoms with Gasteiger partial charge >= 0.3 is 11.9 Å². The number of hydrogen-bond donors (Lipinski definition) is 0. The predicted octanol–water partition coefficient (Wildman–Crippen LogP) is 1.89. The third kappa shape index (κ3) is 8.24. The molecule has 5 heteroatoms. The number of esters is 2. The number of alkyl halides is 1. The molecule has 0 aliphatic rings. The average Bonchev–Trinajstić information content (AvgIpc) is 2.10. The lowest BCUT2D eigenvalue weighted by molar-refractivity contribution is -0.149. The summed E-state index contributed by atoms with van der Waals surface area (Å²) in [5.74, 6) is -0.398. The molecule has 2 atom stereocenters. The van der Waals surface area contributed by atoms with Crippen molar-refractivity contribution >= 4 is 23.5 Å². The van der Waals surface area contributed by atoms with E-state index in [0.29, 0.717) is 12.8 Å². The number of hydrogen-bond acceptors (Lipinski definition) is 4. The van der Waals surface area contributed by atoms with Gasteiger partial charge in [0.05, 0.1) is 12.0 Å². The molecule has 0 bridgehead atoms. The van der Waals surface area contributed by atoms with Crippen molar-refractivity contribution in [1.82, 2.24) is 0 Å². The molecule has 0 radical (unpaired) electrons. The normalized spacial score (nSPS) is 14.1. The summed E-state index contributed by atoms with van der Waals surface area (Å²) < 4.78 is 9.87. The van der Waals surface area contributed by atoms with Crippen molar-refractivity contribution in [3.8, 4) is 0 Å². The third-order valence-electron chi connectivity index (χ3n) is 1.77. The highest BCUT2D eigenvalue weighted by Gasteiger charge is 2.13. The van der Waals surface area contributed by atoms with Crippen LogP contribution in [-0.2, 0) is 19.1 Å². The molecule has 0 aromatic rings. The molecule has 0 aliphatic heterocycles. The molecule has 0 heterocycles. The van der Waals surface area contributed by atoms with E-state index in [2.05, 4.69) is 0 Å². The third-order valence-corrected chi connectivity index (χ3v) is 2.11. The molecule has 88 valence electrons. The Morgan fingerprint density at radius 2 is 1.67 bits per heavy atom. The van der Waals surface area contributed by atoms with E-state index >= 15 is 0 Å². The van der Waals surface area contributed by atoms with Gasteiger partial charge in [0.2, 0.25) is 0 Å². The van der Waals surface area contributed by atoms with Crippen LogP contribution in [0.25, 0.3) is 0 Å². The number of ether oxygens (including phenoxy) is 2. The van der Waals surface area contributed by atoms with Gasteiger partial charge in [-0.25, -0.2) is 0 Å². The van der Waals surface area contributed by atoms with Crippen molar-refractivity contribution in [2.75, 3.05) is 5.88 Å². The molecule has 0 saturated heterocycles. The molecule has 15 heavy (non-hydrogen) atoms. The lowest BCUT2D eigenvalue weighted by Gasteiger charge is -2.17. The Balaban J connectivity index is 3.79. The van der Waals surface area contributed by atoms with E-state index in [4.69, 9.17) is 21.1 Å². The van der Waals surface area contributed by atoms with E-state index < -0.39 is 0 Å². The first kappa shape index (κ1) is 14.2. The highest BCUT2D eigenvalue weighted by molar-refractivity contribution is 6.18. The summed E-state index contributed by atoms with van der Waals surface area (Å²) >= 11 is 5.62. The molecule has 0 unspecified atom stereocenters. The zero-order chi connectivity index (χ0) is 11.8. The lowest BCUT2D eigenvalue weighted by Crippen LogP contribution is -2.21. The van der Waals surface area contributed by atoms with Gasteiger partial charge in [-0.1, -0.05) is 0 Å². The van der Waals surface area contributed by atoms with Crippen LogP contribution in [0.15, 0.2) is 0 Å². The van der Waals surface area contributed by atoms with Crippen LogP contribution in [0.5, 0.6) is 0 Å². The Labute approximate surface area is 94.9 Å². The largest absolute Gasteiger partial charge is 0.463 e. The topological polar surface area (TPSA) is 52.6 Å². The minimum atomic E-state index is -0.346. The zero-order valence-electron chi connectivity index (χ0n) is 9.29. The predicted molar refractivity (Wildman–Crippen MR) is 56.7 cm³/mol. The number of rotatable bonds is 6. The van der Waals surface area contributed by atoms with Gasteiger partial charge in [-0.15, -0.1) is 11.6 Å². The molecule has 0 aromatic carbocycles. The molecule has 4 nitrogen and oxygen atoms in total. The first-order valence-electron chi connectivity index (χ1n) is 4.86. The first-order valence-corrected chi connectivity index (χ1v) is 5.39. The van der Waals surface area contributed by atoms with E-state index in [9.17, 15) is 9.59 Å². The number of carbonyl (C=O) groups is 2. The molecule has 0 rings (SSSR count). The van der Waals surface area contributed by atoms with Crippen LogP contribution in [0.2, 0.25) is 0 Å². The Hall–Kier alpha value is -0.770. The maximum Gasteiger partial charge on any atom is 0.302 e. The summed E-state index contributed by atoms with van der Waals surface area (Å²) in [6.07, 6.45) is 0.743. The second kappa shape index (κ2) is 7.51. The van der Waals surface area contributed by atoms with Gasteiger partial charge in [-0.05, 0) is 19.8 Å². The van der Waals surface area contributed by atoms with Crippen molar-refractivity contribution < 1.29 is 19.1 Å². The van der Waals surface area contributed by atoms with E-state index in [1.165, 1.54) is 13.8 Å². The van der Waals surface area contributed by atoms with Gasteiger partial charge < -0.3 is 9.47 Å². The molecule has 0 aromatic heterocycles. The monoisotopic (exact) mass is 236 g/mol. The standard InChI is InChI=1S/C10H17ClO4/c1-7(14-8(2)12)4-5-10(6-11)15-9(3)13/h7,10H,4-6H2,1-3H3/t7-,10+/m1/s1. The van der Waals surface area contributed by atoms with E-state index in [-0.39, 0.29) is 30.0 Å². The van der Waals surface area contributed by atoms with Gasteiger partial charge in [0, 0.05) is 13.8 Å². The van der Waals surface area contributed by atoms with Crippen molar-refractivity contribution in [3.05, 3.63) is 0 Å². The molecule has 0 amide bonds. The maximum absolute atomic E-state index is 10.7. The van der Waals surface area contributed by atoms with E-state index in [1.807, 2.05) is 0 Å². The van der Waals surface area contributed by atoms with Gasteiger partial charge in [0.1, 0.15) is 6.10 Å². The van der Waals surface area contributed by atoms with Crippen LogP contribution in [0.1, 0.15) is 33.6 Å². The Morgan fingerprint density at radius 3 is 2.07 bits per heavy atom. The Morgan fingerprint density at radius 1 is 1.13 bits per heavy atom. The van der Waals surface area contributed by atoms with Crippen molar-refractivity contribution in [1.29, 1.82) is 0 Å². The molecule has 0 saturated carbocycles. The maximum atomic E-state index is 10.7. The fourth-order valence-corrected chi connectivity index (χ4v) is 1.38. The van der Waals surface area contributed by atoms with Crippen molar-refractivity contribution in [3.63, 3.8) is 0 Å². The smallest absolute Gasteiger partial charge is 0.302 e. The molecule has 0 fully saturated rings. The summed E-state index contributed by atoms with van der Waals surface area (Å²) in [5.41, 5.74) is 0. The van der Waals surface area contributed by atoms with Crippen LogP contribution in [0, 0.1) is 0 Å². The minimum Gasteiger partial charge on any atom is -0.463 e. The van der Waals surface area contributed by atoms with Gasteiger partial charge in [0.25, 0.3) is 0 Å². The highest BCUT2D eigenvalue weighted by Crippen LogP contribution is 2.09. The summed E-state index contributed by atoms with van der Waals surface area (Å²) in [5, 5.41) is 0. The number of halogens is 1. The summed E-state index contributed by atoms with van der Waals surface area (Å²) in [7, 11) is 0. The Bertz CT molecular complexity index is 217. The van der Waals surface area contributed by atoms with Gasteiger partial charge in [0.15, 0.2) is 0 Å². The summed E-state index contributed by atoms with van der Waals surface area (Å²) in [6.45, 7) is 4.50. The van der Waals surface area contributed by atoms with Crippen molar-refractivity contribution in [2.45, 2.75) is 45.8 Å². The highest BCUT2D eigenvalue weighted by atomic mass is 35.5.